The molecule has 0 aliphatic rings. The second-order valence-corrected chi connectivity index (χ2v) is 7.46. The summed E-state index contributed by atoms with van der Waals surface area (Å²) in [5.74, 6) is -0.0225. The summed E-state index contributed by atoms with van der Waals surface area (Å²) in [6.07, 6.45) is 6.49. The van der Waals surface area contributed by atoms with Crippen molar-refractivity contribution in [2.24, 2.45) is 0 Å². The highest BCUT2D eigenvalue weighted by molar-refractivity contribution is 5.85. The van der Waals surface area contributed by atoms with E-state index in [0.717, 1.165) is 58.6 Å². The van der Waals surface area contributed by atoms with Crippen LogP contribution in [-0.2, 0) is 17.6 Å². The molecule has 0 amide bonds. The Morgan fingerprint density at radius 2 is 2.00 bits per heavy atom. The van der Waals surface area contributed by atoms with Crippen LogP contribution in [0.15, 0.2) is 53.4 Å². The van der Waals surface area contributed by atoms with E-state index >= 15 is 0 Å². The number of carboxylic acids is 1. The van der Waals surface area contributed by atoms with Crippen LogP contribution in [0.2, 0.25) is 0 Å². The summed E-state index contributed by atoms with van der Waals surface area (Å²) in [7, 11) is 0. The normalized spacial score (nSPS) is 11.3. The van der Waals surface area contributed by atoms with Crippen molar-refractivity contribution in [1.82, 2.24) is 14.6 Å². The standard InChI is InChI=1S/C24H25N3O3/c1-3-19-11-12-21-24(18-8-6-7-17(13-18)22-14-25-15-30-22)20(16(2)26-27(19)21)9-4-5-10-23(28)29/h6-8,11-15H,3-5,9-10H2,1-2H3,(H,28,29). The van der Waals surface area contributed by atoms with Crippen LogP contribution in [0.1, 0.15) is 43.1 Å². The fourth-order valence-electron chi connectivity index (χ4n) is 3.98. The number of aryl methyl sites for hydroxylation is 2. The molecule has 3 heterocycles. The number of carbonyl (C=O) groups is 1. The zero-order valence-corrected chi connectivity index (χ0v) is 17.3. The largest absolute Gasteiger partial charge is 0.481 e. The maximum atomic E-state index is 10.9. The van der Waals surface area contributed by atoms with Crippen molar-refractivity contribution >= 4 is 11.5 Å². The number of aliphatic carboxylic acids is 1. The first-order valence-electron chi connectivity index (χ1n) is 10.3. The number of fused-ring (bicyclic) bond motifs is 1. The average molecular weight is 403 g/mol. The molecular weight excluding hydrogens is 378 g/mol. The Balaban J connectivity index is 1.83. The fourth-order valence-corrected chi connectivity index (χ4v) is 3.98. The first-order valence-corrected chi connectivity index (χ1v) is 10.3. The van der Waals surface area contributed by atoms with E-state index in [4.69, 9.17) is 14.6 Å². The third-order valence-corrected chi connectivity index (χ3v) is 5.48. The molecule has 0 atom stereocenters. The average Bonchev–Trinajstić information content (AvgIpc) is 3.41. The predicted octanol–water partition coefficient (Wildman–Crippen LogP) is 5.32. The van der Waals surface area contributed by atoms with Crippen molar-refractivity contribution in [2.45, 2.75) is 46.0 Å². The Hall–Kier alpha value is -3.41. The summed E-state index contributed by atoms with van der Waals surface area (Å²) in [5, 5.41) is 13.8. The van der Waals surface area contributed by atoms with Gasteiger partial charge in [-0.05, 0) is 61.9 Å². The van der Waals surface area contributed by atoms with Gasteiger partial charge in [-0.15, -0.1) is 0 Å². The summed E-state index contributed by atoms with van der Waals surface area (Å²) in [5.41, 5.74) is 7.59. The van der Waals surface area contributed by atoms with Crippen molar-refractivity contribution in [1.29, 1.82) is 0 Å². The minimum absolute atomic E-state index is 0.191. The van der Waals surface area contributed by atoms with E-state index in [-0.39, 0.29) is 6.42 Å². The second-order valence-electron chi connectivity index (χ2n) is 7.46. The van der Waals surface area contributed by atoms with E-state index in [2.05, 4.69) is 36.2 Å². The predicted molar refractivity (Wildman–Crippen MR) is 115 cm³/mol. The molecule has 0 saturated carbocycles. The van der Waals surface area contributed by atoms with Gasteiger partial charge < -0.3 is 9.52 Å². The highest BCUT2D eigenvalue weighted by atomic mass is 16.4. The number of hydrogen-bond donors (Lipinski definition) is 1. The molecule has 1 aromatic carbocycles. The molecule has 0 unspecified atom stereocenters. The quantitative estimate of drug-likeness (QED) is 0.403. The van der Waals surface area contributed by atoms with Gasteiger partial charge in [0.25, 0.3) is 0 Å². The van der Waals surface area contributed by atoms with E-state index < -0.39 is 5.97 Å². The van der Waals surface area contributed by atoms with Gasteiger partial charge in [-0.25, -0.2) is 9.50 Å². The zero-order valence-electron chi connectivity index (χ0n) is 17.3. The number of nitrogens with zero attached hydrogens (tertiary/aromatic N) is 3. The molecule has 1 N–H and O–H groups in total. The van der Waals surface area contributed by atoms with E-state index in [0.29, 0.717) is 6.42 Å². The Morgan fingerprint density at radius 1 is 1.17 bits per heavy atom. The van der Waals surface area contributed by atoms with Gasteiger partial charge in [0.05, 0.1) is 17.4 Å². The number of benzene rings is 1. The van der Waals surface area contributed by atoms with Crippen LogP contribution in [0.3, 0.4) is 0 Å². The number of oxazole rings is 1. The van der Waals surface area contributed by atoms with E-state index in [1.54, 1.807) is 6.20 Å². The van der Waals surface area contributed by atoms with Crippen molar-refractivity contribution < 1.29 is 14.3 Å². The minimum Gasteiger partial charge on any atom is -0.481 e. The molecule has 0 bridgehead atoms. The lowest BCUT2D eigenvalue weighted by molar-refractivity contribution is -0.137. The Morgan fingerprint density at radius 3 is 2.73 bits per heavy atom. The van der Waals surface area contributed by atoms with Gasteiger partial charge in [0.1, 0.15) is 0 Å². The van der Waals surface area contributed by atoms with Gasteiger partial charge in [0, 0.05) is 23.2 Å². The molecule has 0 aliphatic carbocycles. The Kier molecular flexibility index (Phi) is 5.65. The minimum atomic E-state index is -0.751. The van der Waals surface area contributed by atoms with E-state index in [9.17, 15) is 4.79 Å². The van der Waals surface area contributed by atoms with Crippen LogP contribution in [0.4, 0.5) is 0 Å². The first-order chi connectivity index (χ1) is 14.6. The van der Waals surface area contributed by atoms with Crippen LogP contribution in [-0.4, -0.2) is 25.7 Å². The Labute approximate surface area is 175 Å². The summed E-state index contributed by atoms with van der Waals surface area (Å²) in [6.45, 7) is 4.16. The van der Waals surface area contributed by atoms with Crippen LogP contribution >= 0.6 is 0 Å². The van der Waals surface area contributed by atoms with Gasteiger partial charge >= 0.3 is 5.97 Å². The highest BCUT2D eigenvalue weighted by Gasteiger charge is 2.17. The third-order valence-electron chi connectivity index (χ3n) is 5.48. The van der Waals surface area contributed by atoms with Crippen molar-refractivity contribution in [2.75, 3.05) is 0 Å². The second kappa shape index (κ2) is 8.53. The molecular formula is C24H25N3O3. The fraction of sp³-hybridized carbons (Fsp3) is 0.292. The van der Waals surface area contributed by atoms with E-state index in [1.807, 2.05) is 23.6 Å². The van der Waals surface area contributed by atoms with Crippen molar-refractivity contribution in [3.8, 4) is 22.5 Å². The number of unbranched alkanes of at least 4 members (excludes halogenated alkanes) is 1. The number of carboxylic acid groups (broad SMARTS) is 1. The molecule has 0 spiro atoms. The maximum absolute atomic E-state index is 10.9. The van der Waals surface area contributed by atoms with Gasteiger partial charge in [0.15, 0.2) is 12.2 Å². The summed E-state index contributed by atoms with van der Waals surface area (Å²) >= 11 is 0. The van der Waals surface area contributed by atoms with Gasteiger partial charge in [-0.3, -0.25) is 4.79 Å². The van der Waals surface area contributed by atoms with Crippen LogP contribution < -0.4 is 0 Å². The number of aromatic nitrogens is 3. The Bertz CT molecular complexity index is 1180. The monoisotopic (exact) mass is 403 g/mol. The molecule has 4 aromatic rings. The lowest BCUT2D eigenvalue weighted by atomic mass is 9.93. The highest BCUT2D eigenvalue weighted by Crippen LogP contribution is 2.34. The van der Waals surface area contributed by atoms with Crippen LogP contribution in [0.5, 0.6) is 0 Å². The van der Waals surface area contributed by atoms with E-state index in [1.165, 1.54) is 12.0 Å². The summed E-state index contributed by atoms with van der Waals surface area (Å²) in [6, 6.07) is 12.5. The molecule has 30 heavy (non-hydrogen) atoms. The smallest absolute Gasteiger partial charge is 0.303 e. The first kappa shape index (κ1) is 19.9. The van der Waals surface area contributed by atoms with Crippen LogP contribution in [0.25, 0.3) is 28.0 Å². The molecule has 0 aliphatic heterocycles. The molecule has 3 aromatic heterocycles. The van der Waals surface area contributed by atoms with Gasteiger partial charge in [-0.1, -0.05) is 25.1 Å². The maximum Gasteiger partial charge on any atom is 0.303 e. The van der Waals surface area contributed by atoms with Gasteiger partial charge in [-0.2, -0.15) is 5.10 Å². The molecule has 0 radical (unpaired) electrons. The molecule has 6 nitrogen and oxygen atoms in total. The molecule has 154 valence electrons. The molecule has 6 heteroatoms. The molecule has 0 fully saturated rings. The van der Waals surface area contributed by atoms with Crippen molar-refractivity contribution in [3.05, 3.63) is 65.9 Å². The SMILES string of the molecule is CCc1ccc2c(-c3cccc(-c4cnco4)c3)c(CCCCC(=O)O)c(C)nn12. The number of hydrogen-bond acceptors (Lipinski definition) is 4. The van der Waals surface area contributed by atoms with Crippen LogP contribution in [0, 0.1) is 6.92 Å². The van der Waals surface area contributed by atoms with Crippen molar-refractivity contribution in [3.63, 3.8) is 0 Å². The molecule has 0 saturated heterocycles. The topological polar surface area (TPSA) is 80.6 Å². The lowest BCUT2D eigenvalue weighted by Gasteiger charge is -2.16. The zero-order chi connectivity index (χ0) is 21.1. The third kappa shape index (κ3) is 3.85. The lowest BCUT2D eigenvalue weighted by Crippen LogP contribution is -2.06. The summed E-state index contributed by atoms with van der Waals surface area (Å²) in [4.78, 5) is 14.9. The summed E-state index contributed by atoms with van der Waals surface area (Å²) < 4.78 is 7.53. The van der Waals surface area contributed by atoms with Gasteiger partial charge in [0.2, 0.25) is 0 Å². The number of rotatable bonds is 8. The molecule has 4 rings (SSSR count).